The van der Waals surface area contributed by atoms with Crippen LogP contribution < -0.4 is 9.64 Å². The Bertz CT molecular complexity index is 825. The molecule has 7 heteroatoms. The molecule has 3 rings (SSSR count). The third-order valence-electron chi connectivity index (χ3n) is 4.93. The van der Waals surface area contributed by atoms with E-state index >= 15 is 0 Å². The molecule has 0 N–H and O–H groups in total. The standard InChI is InChI=1S/C21H23FN4O2/c1-25(12-13-28-19-5-3-18(22)4-6-19)21(27)17-8-10-26(11-9-17)20-7-2-16(14-23)15-24-20/h2-7,15,17H,8-13H2,1H3. The Morgan fingerprint density at radius 1 is 1.29 bits per heavy atom. The molecule has 0 unspecified atom stereocenters. The Kier molecular flexibility index (Phi) is 6.43. The molecule has 0 atom stereocenters. The predicted octanol–water partition coefficient (Wildman–Crippen LogP) is 2.85. The van der Waals surface area contributed by atoms with Gasteiger partial charge in [0.25, 0.3) is 0 Å². The molecule has 2 heterocycles. The van der Waals surface area contributed by atoms with Crippen LogP contribution in [0.1, 0.15) is 18.4 Å². The molecule has 0 radical (unpaired) electrons. The lowest BCUT2D eigenvalue weighted by molar-refractivity contribution is -0.135. The molecule has 1 aromatic heterocycles. The molecule has 1 aliphatic rings. The van der Waals surface area contributed by atoms with Crippen molar-refractivity contribution in [3.63, 3.8) is 0 Å². The third-order valence-corrected chi connectivity index (χ3v) is 4.93. The van der Waals surface area contributed by atoms with Crippen LogP contribution in [0.15, 0.2) is 42.6 Å². The second kappa shape index (κ2) is 9.18. The van der Waals surface area contributed by atoms with Gasteiger partial charge in [0.2, 0.25) is 5.91 Å². The smallest absolute Gasteiger partial charge is 0.225 e. The fourth-order valence-electron chi connectivity index (χ4n) is 3.25. The first-order valence-electron chi connectivity index (χ1n) is 9.31. The van der Waals surface area contributed by atoms with E-state index in [0.29, 0.717) is 24.5 Å². The summed E-state index contributed by atoms with van der Waals surface area (Å²) in [4.78, 5) is 20.8. The van der Waals surface area contributed by atoms with Crippen LogP contribution >= 0.6 is 0 Å². The van der Waals surface area contributed by atoms with Gasteiger partial charge in [0.1, 0.15) is 30.1 Å². The highest BCUT2D eigenvalue weighted by molar-refractivity contribution is 5.78. The number of anilines is 1. The number of pyridine rings is 1. The summed E-state index contributed by atoms with van der Waals surface area (Å²) in [6.45, 7) is 2.36. The number of piperidine rings is 1. The minimum Gasteiger partial charge on any atom is -0.492 e. The van der Waals surface area contributed by atoms with Crippen molar-refractivity contribution in [1.29, 1.82) is 5.26 Å². The lowest BCUT2D eigenvalue weighted by Crippen LogP contribution is -2.42. The van der Waals surface area contributed by atoms with E-state index in [-0.39, 0.29) is 17.6 Å². The number of ether oxygens (including phenoxy) is 1. The number of benzene rings is 1. The topological polar surface area (TPSA) is 69.5 Å². The first kappa shape index (κ1) is 19.6. The van der Waals surface area contributed by atoms with Gasteiger partial charge in [-0.1, -0.05) is 0 Å². The van der Waals surface area contributed by atoms with Gasteiger partial charge in [-0.2, -0.15) is 5.26 Å². The number of aromatic nitrogens is 1. The first-order chi connectivity index (χ1) is 13.6. The maximum Gasteiger partial charge on any atom is 0.225 e. The number of hydrogen-bond acceptors (Lipinski definition) is 5. The van der Waals surface area contributed by atoms with E-state index in [1.807, 2.05) is 6.07 Å². The number of rotatable bonds is 6. The van der Waals surface area contributed by atoms with Crippen molar-refractivity contribution < 1.29 is 13.9 Å². The van der Waals surface area contributed by atoms with Crippen molar-refractivity contribution in [3.8, 4) is 11.8 Å². The predicted molar refractivity (Wildman–Crippen MR) is 103 cm³/mol. The summed E-state index contributed by atoms with van der Waals surface area (Å²) >= 11 is 0. The molecule has 146 valence electrons. The van der Waals surface area contributed by atoms with Crippen LogP contribution in [0.5, 0.6) is 5.75 Å². The average Bonchev–Trinajstić information content (AvgIpc) is 2.74. The van der Waals surface area contributed by atoms with Crippen molar-refractivity contribution in [2.75, 3.05) is 38.2 Å². The van der Waals surface area contributed by atoms with Crippen LogP contribution in [-0.4, -0.2) is 49.1 Å². The molecular weight excluding hydrogens is 359 g/mol. The fraction of sp³-hybridized carbons (Fsp3) is 0.381. The summed E-state index contributed by atoms with van der Waals surface area (Å²) in [6.07, 6.45) is 3.11. The number of amides is 1. The maximum absolute atomic E-state index is 12.9. The number of likely N-dealkylation sites (N-methyl/N-ethyl adjacent to an activating group) is 1. The maximum atomic E-state index is 12.9. The van der Waals surface area contributed by atoms with E-state index in [1.54, 1.807) is 36.3 Å². The van der Waals surface area contributed by atoms with Crippen LogP contribution in [0.25, 0.3) is 0 Å². The van der Waals surface area contributed by atoms with E-state index in [4.69, 9.17) is 10.00 Å². The summed E-state index contributed by atoms with van der Waals surface area (Å²) in [6, 6.07) is 11.5. The highest BCUT2D eigenvalue weighted by Crippen LogP contribution is 2.23. The fourth-order valence-corrected chi connectivity index (χ4v) is 3.25. The van der Waals surface area contributed by atoms with Gasteiger partial charge in [-0.25, -0.2) is 9.37 Å². The van der Waals surface area contributed by atoms with Crippen LogP contribution in [0.2, 0.25) is 0 Å². The van der Waals surface area contributed by atoms with Gasteiger partial charge in [0.05, 0.1) is 12.1 Å². The highest BCUT2D eigenvalue weighted by Gasteiger charge is 2.27. The molecule has 6 nitrogen and oxygen atoms in total. The summed E-state index contributed by atoms with van der Waals surface area (Å²) < 4.78 is 18.5. The summed E-state index contributed by atoms with van der Waals surface area (Å²) in [5.41, 5.74) is 0.540. The van der Waals surface area contributed by atoms with Crippen LogP contribution in [0.3, 0.4) is 0 Å². The molecule has 2 aromatic rings. The summed E-state index contributed by atoms with van der Waals surface area (Å²) in [5, 5.41) is 8.85. The zero-order chi connectivity index (χ0) is 19.9. The second-order valence-corrected chi connectivity index (χ2v) is 6.84. The van der Waals surface area contributed by atoms with Crippen molar-refractivity contribution >= 4 is 11.7 Å². The van der Waals surface area contributed by atoms with Crippen LogP contribution in [0.4, 0.5) is 10.2 Å². The summed E-state index contributed by atoms with van der Waals surface area (Å²) in [7, 11) is 1.78. The molecular formula is C21H23FN4O2. The van der Waals surface area contributed by atoms with Crippen molar-refractivity contribution in [3.05, 3.63) is 54.0 Å². The van der Waals surface area contributed by atoms with Gasteiger partial charge in [0, 0.05) is 32.3 Å². The quantitative estimate of drug-likeness (QED) is 0.768. The molecule has 0 aliphatic carbocycles. The number of nitriles is 1. The lowest BCUT2D eigenvalue weighted by atomic mass is 9.95. The number of carbonyl (C=O) groups excluding carboxylic acids is 1. The molecule has 0 saturated carbocycles. The third kappa shape index (κ3) is 4.97. The Labute approximate surface area is 164 Å². The van der Waals surface area contributed by atoms with Gasteiger partial charge in [-0.05, 0) is 49.2 Å². The molecule has 1 aromatic carbocycles. The monoisotopic (exact) mass is 382 g/mol. The second-order valence-electron chi connectivity index (χ2n) is 6.84. The van der Waals surface area contributed by atoms with Gasteiger partial charge in [-0.3, -0.25) is 4.79 Å². The van der Waals surface area contributed by atoms with E-state index in [1.165, 1.54) is 12.1 Å². The summed E-state index contributed by atoms with van der Waals surface area (Å²) in [5.74, 6) is 1.24. The SMILES string of the molecule is CN(CCOc1ccc(F)cc1)C(=O)C1CCN(c2ccc(C#N)cn2)CC1. The van der Waals surface area contributed by atoms with E-state index in [0.717, 1.165) is 31.7 Å². The van der Waals surface area contributed by atoms with Gasteiger partial charge in [-0.15, -0.1) is 0 Å². The van der Waals surface area contributed by atoms with Crippen LogP contribution in [-0.2, 0) is 4.79 Å². The number of hydrogen-bond donors (Lipinski definition) is 0. The Morgan fingerprint density at radius 2 is 2.00 bits per heavy atom. The van der Waals surface area contributed by atoms with E-state index in [2.05, 4.69) is 16.0 Å². The Balaban J connectivity index is 1.43. The molecule has 0 bridgehead atoms. The first-order valence-corrected chi connectivity index (χ1v) is 9.31. The molecule has 28 heavy (non-hydrogen) atoms. The molecule has 1 saturated heterocycles. The van der Waals surface area contributed by atoms with Gasteiger partial charge >= 0.3 is 0 Å². The zero-order valence-corrected chi connectivity index (χ0v) is 15.8. The highest BCUT2D eigenvalue weighted by atomic mass is 19.1. The van der Waals surface area contributed by atoms with Crippen molar-refractivity contribution in [2.24, 2.45) is 5.92 Å². The minimum atomic E-state index is -0.304. The number of halogens is 1. The number of carbonyl (C=O) groups is 1. The Hall–Kier alpha value is -3.14. The molecule has 0 spiro atoms. The lowest BCUT2D eigenvalue weighted by Gasteiger charge is -2.33. The van der Waals surface area contributed by atoms with Gasteiger partial charge in [0.15, 0.2) is 0 Å². The largest absolute Gasteiger partial charge is 0.492 e. The Morgan fingerprint density at radius 3 is 2.61 bits per heavy atom. The number of nitrogens with zero attached hydrogens (tertiary/aromatic N) is 4. The minimum absolute atomic E-state index is 0.00884. The normalized spacial score (nSPS) is 14.4. The van der Waals surface area contributed by atoms with Crippen LogP contribution in [0, 0.1) is 23.1 Å². The van der Waals surface area contributed by atoms with Crippen molar-refractivity contribution in [1.82, 2.24) is 9.88 Å². The van der Waals surface area contributed by atoms with E-state index < -0.39 is 0 Å². The average molecular weight is 382 g/mol. The van der Waals surface area contributed by atoms with E-state index in [9.17, 15) is 9.18 Å². The van der Waals surface area contributed by atoms with Crippen molar-refractivity contribution in [2.45, 2.75) is 12.8 Å². The van der Waals surface area contributed by atoms with Gasteiger partial charge < -0.3 is 14.5 Å². The molecule has 1 amide bonds. The molecule has 1 fully saturated rings. The zero-order valence-electron chi connectivity index (χ0n) is 15.8. The molecule has 1 aliphatic heterocycles.